The monoisotopic (exact) mass is 358 g/mol. The number of Topliss-reactive ketones (excluding diaryl/α,β-unsaturated/α-hetero) is 1. The Labute approximate surface area is 137 Å². The Morgan fingerprint density at radius 2 is 1.95 bits per heavy atom. The normalized spacial score (nSPS) is 15.0. The zero-order chi connectivity index (χ0) is 15.7. The lowest BCUT2D eigenvalue weighted by Gasteiger charge is -2.08. The molecule has 112 valence electrons. The number of carbonyl (C=O) groups is 1. The lowest BCUT2D eigenvalue weighted by Crippen LogP contribution is -1.96. The minimum Gasteiger partial charge on any atom is -0.497 e. The molecule has 0 radical (unpaired) electrons. The number of rotatable bonds is 3. The first-order valence-electron chi connectivity index (χ1n) is 6.88. The number of methoxy groups -OCH3 is 2. The molecule has 4 heteroatoms. The highest BCUT2D eigenvalue weighted by atomic mass is 79.9. The van der Waals surface area contributed by atoms with Crippen LogP contribution in [0.3, 0.4) is 0 Å². The Hall–Kier alpha value is -2.07. The van der Waals surface area contributed by atoms with Gasteiger partial charge < -0.3 is 9.47 Å². The number of hydrogen-bond donors (Lipinski definition) is 0. The summed E-state index contributed by atoms with van der Waals surface area (Å²) in [5, 5.41) is 0. The van der Waals surface area contributed by atoms with Crippen LogP contribution in [-0.2, 0) is 6.42 Å². The van der Waals surface area contributed by atoms with Gasteiger partial charge in [0.1, 0.15) is 11.5 Å². The van der Waals surface area contributed by atoms with Crippen LogP contribution in [0.2, 0.25) is 0 Å². The molecule has 0 saturated carbocycles. The van der Waals surface area contributed by atoms with Gasteiger partial charge in [-0.1, -0.05) is 28.1 Å². The van der Waals surface area contributed by atoms with Gasteiger partial charge in [-0.15, -0.1) is 0 Å². The van der Waals surface area contributed by atoms with Crippen LogP contribution in [0.1, 0.15) is 21.5 Å². The van der Waals surface area contributed by atoms with Gasteiger partial charge in [0.15, 0.2) is 5.78 Å². The zero-order valence-electron chi connectivity index (χ0n) is 12.4. The molecule has 0 fully saturated rings. The minimum atomic E-state index is 0.0705. The van der Waals surface area contributed by atoms with Crippen molar-refractivity contribution in [2.75, 3.05) is 14.2 Å². The van der Waals surface area contributed by atoms with Crippen LogP contribution in [-0.4, -0.2) is 20.0 Å². The Morgan fingerprint density at radius 1 is 1.14 bits per heavy atom. The number of fused-ring (bicyclic) bond motifs is 1. The molecule has 0 bridgehead atoms. The second-order valence-electron chi connectivity index (χ2n) is 5.05. The predicted molar refractivity (Wildman–Crippen MR) is 89.7 cm³/mol. The molecule has 0 amide bonds. The van der Waals surface area contributed by atoms with Crippen LogP contribution in [0, 0.1) is 0 Å². The van der Waals surface area contributed by atoms with E-state index in [1.807, 2.05) is 42.5 Å². The second-order valence-corrected chi connectivity index (χ2v) is 5.90. The van der Waals surface area contributed by atoms with Gasteiger partial charge in [0.05, 0.1) is 14.2 Å². The molecule has 3 rings (SSSR count). The third-order valence-corrected chi connectivity index (χ3v) is 4.53. The van der Waals surface area contributed by atoms with Crippen molar-refractivity contribution in [3.63, 3.8) is 0 Å². The van der Waals surface area contributed by atoms with Gasteiger partial charge in [0.25, 0.3) is 0 Å². The topological polar surface area (TPSA) is 35.5 Å². The highest BCUT2D eigenvalue weighted by molar-refractivity contribution is 9.10. The summed E-state index contributed by atoms with van der Waals surface area (Å²) in [5.41, 5.74) is 3.41. The molecule has 0 aromatic heterocycles. The summed E-state index contributed by atoms with van der Waals surface area (Å²) in [7, 11) is 3.23. The second kappa shape index (κ2) is 5.97. The van der Waals surface area contributed by atoms with Gasteiger partial charge in [-0.2, -0.15) is 0 Å². The van der Waals surface area contributed by atoms with Crippen molar-refractivity contribution >= 4 is 27.8 Å². The molecule has 22 heavy (non-hydrogen) atoms. The number of halogens is 1. The molecule has 3 nitrogen and oxygen atoms in total. The first kappa shape index (κ1) is 14.9. The van der Waals surface area contributed by atoms with Crippen LogP contribution in [0.25, 0.3) is 6.08 Å². The number of allylic oxidation sites excluding steroid dienone is 1. The number of benzene rings is 2. The van der Waals surface area contributed by atoms with E-state index in [4.69, 9.17) is 9.47 Å². The SMILES string of the molecule is COc1ccc(OC)c(/C=C2\Cc3c(Br)cccc3C2=O)c1. The summed E-state index contributed by atoms with van der Waals surface area (Å²) < 4.78 is 11.6. The Bertz CT molecular complexity index is 778. The maximum atomic E-state index is 12.5. The first-order chi connectivity index (χ1) is 10.6. The van der Waals surface area contributed by atoms with E-state index in [0.717, 1.165) is 38.2 Å². The maximum Gasteiger partial charge on any atom is 0.189 e. The van der Waals surface area contributed by atoms with Crippen molar-refractivity contribution in [3.8, 4) is 11.5 Å². The summed E-state index contributed by atoms with van der Waals surface area (Å²) >= 11 is 3.51. The highest BCUT2D eigenvalue weighted by Gasteiger charge is 2.26. The van der Waals surface area contributed by atoms with E-state index in [2.05, 4.69) is 15.9 Å². The van der Waals surface area contributed by atoms with Gasteiger partial charge >= 0.3 is 0 Å². The fraction of sp³-hybridized carbons (Fsp3) is 0.167. The lowest BCUT2D eigenvalue weighted by atomic mass is 10.1. The molecule has 2 aromatic rings. The zero-order valence-corrected chi connectivity index (χ0v) is 13.9. The predicted octanol–water partition coefficient (Wildman–Crippen LogP) is 4.29. The highest BCUT2D eigenvalue weighted by Crippen LogP contribution is 2.34. The van der Waals surface area contributed by atoms with Crippen molar-refractivity contribution in [1.82, 2.24) is 0 Å². The minimum absolute atomic E-state index is 0.0705. The van der Waals surface area contributed by atoms with E-state index < -0.39 is 0 Å². The smallest absolute Gasteiger partial charge is 0.189 e. The van der Waals surface area contributed by atoms with Crippen molar-refractivity contribution in [1.29, 1.82) is 0 Å². The lowest BCUT2D eigenvalue weighted by molar-refractivity contribution is 0.104. The molecule has 1 aliphatic carbocycles. The van der Waals surface area contributed by atoms with Crippen molar-refractivity contribution in [3.05, 3.63) is 63.1 Å². The molecule has 0 N–H and O–H groups in total. The van der Waals surface area contributed by atoms with Crippen molar-refractivity contribution < 1.29 is 14.3 Å². The maximum absolute atomic E-state index is 12.5. The third kappa shape index (κ3) is 2.55. The molecular weight excluding hydrogens is 344 g/mol. The molecule has 1 aliphatic rings. The summed E-state index contributed by atoms with van der Waals surface area (Å²) in [6, 6.07) is 11.3. The van der Waals surface area contributed by atoms with Crippen LogP contribution in [0.4, 0.5) is 0 Å². The summed E-state index contributed by atoms with van der Waals surface area (Å²) in [6.07, 6.45) is 2.51. The van der Waals surface area contributed by atoms with E-state index in [-0.39, 0.29) is 5.78 Å². The Morgan fingerprint density at radius 3 is 2.64 bits per heavy atom. The van der Waals surface area contributed by atoms with Crippen LogP contribution in [0.15, 0.2) is 46.4 Å². The molecule has 0 spiro atoms. The van der Waals surface area contributed by atoms with Crippen LogP contribution >= 0.6 is 15.9 Å². The number of ether oxygens (including phenoxy) is 2. The average molecular weight is 359 g/mol. The van der Waals surface area contributed by atoms with Crippen LogP contribution < -0.4 is 9.47 Å². The fourth-order valence-corrected chi connectivity index (χ4v) is 3.16. The van der Waals surface area contributed by atoms with Crippen molar-refractivity contribution in [2.45, 2.75) is 6.42 Å². The molecular formula is C18H15BrO3. The van der Waals surface area contributed by atoms with Gasteiger partial charge in [0, 0.05) is 27.6 Å². The van der Waals surface area contributed by atoms with E-state index in [1.54, 1.807) is 14.2 Å². The van der Waals surface area contributed by atoms with Crippen molar-refractivity contribution in [2.24, 2.45) is 0 Å². The quantitative estimate of drug-likeness (QED) is 0.767. The molecule has 0 unspecified atom stereocenters. The van der Waals surface area contributed by atoms with Gasteiger partial charge in [0.2, 0.25) is 0 Å². The number of ketones is 1. The molecule has 2 aromatic carbocycles. The first-order valence-corrected chi connectivity index (χ1v) is 7.68. The summed E-state index contributed by atoms with van der Waals surface area (Å²) in [4.78, 5) is 12.5. The number of hydrogen-bond acceptors (Lipinski definition) is 3. The van der Waals surface area contributed by atoms with E-state index in [9.17, 15) is 4.79 Å². The van der Waals surface area contributed by atoms with E-state index in [1.165, 1.54) is 0 Å². The average Bonchev–Trinajstić information content (AvgIpc) is 2.85. The van der Waals surface area contributed by atoms with Gasteiger partial charge in [-0.25, -0.2) is 0 Å². The standard InChI is InChI=1S/C18H15BrO3/c1-21-13-6-7-17(22-2)11(9-13)8-12-10-15-14(18(12)20)4-3-5-16(15)19/h3-9H,10H2,1-2H3/b12-8+. The molecule has 0 atom stereocenters. The van der Waals surface area contributed by atoms with E-state index >= 15 is 0 Å². The Kier molecular flexibility index (Phi) is 4.03. The fourth-order valence-electron chi connectivity index (χ4n) is 2.65. The van der Waals surface area contributed by atoms with Gasteiger partial charge in [-0.05, 0) is 35.9 Å². The van der Waals surface area contributed by atoms with Crippen LogP contribution in [0.5, 0.6) is 11.5 Å². The van der Waals surface area contributed by atoms with E-state index in [0.29, 0.717) is 6.42 Å². The molecule has 0 saturated heterocycles. The van der Waals surface area contributed by atoms with Gasteiger partial charge in [-0.3, -0.25) is 4.79 Å². The summed E-state index contributed by atoms with van der Waals surface area (Å²) in [5.74, 6) is 1.52. The molecule has 0 aliphatic heterocycles. The Balaban J connectivity index is 2.05. The number of carbonyl (C=O) groups excluding carboxylic acids is 1. The summed E-state index contributed by atoms with van der Waals surface area (Å²) in [6.45, 7) is 0. The third-order valence-electron chi connectivity index (χ3n) is 3.79. The largest absolute Gasteiger partial charge is 0.497 e. The molecule has 0 heterocycles.